The lowest BCUT2D eigenvalue weighted by Gasteiger charge is -2.14. The van der Waals surface area contributed by atoms with Crippen LogP contribution in [0.25, 0.3) is 22.8 Å². The molecule has 3 heterocycles. The van der Waals surface area contributed by atoms with Gasteiger partial charge in [0, 0.05) is 23.5 Å². The molecule has 1 saturated heterocycles. The summed E-state index contributed by atoms with van der Waals surface area (Å²) in [5, 5.41) is 9.89. The number of thioether (sulfide) groups is 1. The Balaban J connectivity index is 1.39. The fourth-order valence-corrected chi connectivity index (χ4v) is 4.85. The third-order valence-electron chi connectivity index (χ3n) is 5.73. The van der Waals surface area contributed by atoms with Gasteiger partial charge in [-0.25, -0.2) is 4.98 Å². The zero-order chi connectivity index (χ0) is 22.6. The van der Waals surface area contributed by atoms with Crippen LogP contribution in [0.2, 0.25) is 0 Å². The van der Waals surface area contributed by atoms with Crippen LogP contribution in [-0.2, 0) is 17.0 Å². The highest BCUT2D eigenvalue weighted by atomic mass is 32.2. The molecule has 0 radical (unpaired) electrons. The molecule has 4 aromatic rings. The molecule has 170 valence electrons. The third-order valence-corrected chi connectivity index (χ3v) is 6.70. The van der Waals surface area contributed by atoms with E-state index in [9.17, 15) is 0 Å². The Morgan fingerprint density at radius 1 is 1.06 bits per heavy atom. The molecule has 0 amide bonds. The van der Waals surface area contributed by atoms with E-state index in [1.54, 1.807) is 18.9 Å². The van der Waals surface area contributed by atoms with Crippen molar-refractivity contribution < 1.29 is 13.9 Å². The number of aryl methyl sites for hydroxylation is 1. The SMILES string of the molecule is COc1ccc(-c2nnc(SCc3nc(-c4ccccc4)oc3C)n2CC2CCCO2)cc1. The molecule has 33 heavy (non-hydrogen) atoms. The van der Waals surface area contributed by atoms with E-state index in [1.165, 1.54) is 0 Å². The summed E-state index contributed by atoms with van der Waals surface area (Å²) in [5.41, 5.74) is 2.88. The normalized spacial score (nSPS) is 15.8. The molecule has 1 fully saturated rings. The molecule has 0 spiro atoms. The summed E-state index contributed by atoms with van der Waals surface area (Å²) < 4.78 is 19.3. The average Bonchev–Trinajstić information content (AvgIpc) is 3.60. The molecule has 0 N–H and O–H groups in total. The fraction of sp³-hybridized carbons (Fsp3) is 0.320. The van der Waals surface area contributed by atoms with Crippen molar-refractivity contribution in [3.05, 3.63) is 66.1 Å². The van der Waals surface area contributed by atoms with Crippen molar-refractivity contribution >= 4 is 11.8 Å². The molecule has 1 aliphatic rings. The van der Waals surface area contributed by atoms with E-state index in [2.05, 4.69) is 14.8 Å². The highest BCUT2D eigenvalue weighted by Crippen LogP contribution is 2.31. The summed E-state index contributed by atoms with van der Waals surface area (Å²) in [6.07, 6.45) is 2.32. The summed E-state index contributed by atoms with van der Waals surface area (Å²) in [6.45, 7) is 3.49. The number of aromatic nitrogens is 4. The Morgan fingerprint density at radius 2 is 1.88 bits per heavy atom. The maximum Gasteiger partial charge on any atom is 0.226 e. The molecule has 0 aliphatic carbocycles. The molecule has 7 nitrogen and oxygen atoms in total. The van der Waals surface area contributed by atoms with Crippen molar-refractivity contribution in [1.82, 2.24) is 19.7 Å². The zero-order valence-corrected chi connectivity index (χ0v) is 19.5. The van der Waals surface area contributed by atoms with Crippen LogP contribution in [-0.4, -0.2) is 39.6 Å². The van der Waals surface area contributed by atoms with E-state index >= 15 is 0 Å². The van der Waals surface area contributed by atoms with Gasteiger partial charge in [0.05, 0.1) is 25.5 Å². The van der Waals surface area contributed by atoms with Gasteiger partial charge >= 0.3 is 0 Å². The van der Waals surface area contributed by atoms with Crippen LogP contribution in [0.5, 0.6) is 5.75 Å². The standard InChI is InChI=1S/C25H26N4O3S/c1-17-22(26-24(32-17)19-7-4-3-5-8-19)16-33-25-28-27-23(18-10-12-20(30-2)13-11-18)29(25)15-21-9-6-14-31-21/h3-5,7-8,10-13,21H,6,9,14-16H2,1-2H3. The smallest absolute Gasteiger partial charge is 0.226 e. The van der Waals surface area contributed by atoms with Gasteiger partial charge in [-0.05, 0) is 56.2 Å². The number of benzene rings is 2. The Morgan fingerprint density at radius 3 is 2.61 bits per heavy atom. The van der Waals surface area contributed by atoms with Crippen LogP contribution >= 0.6 is 11.8 Å². The summed E-state index contributed by atoms with van der Waals surface area (Å²) in [4.78, 5) is 4.73. The maximum atomic E-state index is 5.92. The van der Waals surface area contributed by atoms with Crippen molar-refractivity contribution in [2.45, 2.75) is 43.3 Å². The molecule has 1 atom stereocenters. The molecule has 2 aromatic heterocycles. The summed E-state index contributed by atoms with van der Waals surface area (Å²) in [7, 11) is 1.67. The van der Waals surface area contributed by atoms with Crippen LogP contribution in [0.4, 0.5) is 0 Å². The van der Waals surface area contributed by atoms with Crippen LogP contribution < -0.4 is 4.74 Å². The zero-order valence-electron chi connectivity index (χ0n) is 18.7. The fourth-order valence-electron chi connectivity index (χ4n) is 3.90. The summed E-state index contributed by atoms with van der Waals surface area (Å²) in [5.74, 6) is 3.76. The van der Waals surface area contributed by atoms with E-state index in [0.717, 1.165) is 65.3 Å². The second-order valence-corrected chi connectivity index (χ2v) is 8.90. The number of hydrogen-bond acceptors (Lipinski definition) is 7. The van der Waals surface area contributed by atoms with Crippen LogP contribution in [0.3, 0.4) is 0 Å². The quantitative estimate of drug-likeness (QED) is 0.325. The molecule has 0 bridgehead atoms. The first-order valence-electron chi connectivity index (χ1n) is 11.0. The van der Waals surface area contributed by atoms with Crippen molar-refractivity contribution in [2.24, 2.45) is 0 Å². The molecule has 1 unspecified atom stereocenters. The Kier molecular flexibility index (Phi) is 6.46. The minimum atomic E-state index is 0.177. The van der Waals surface area contributed by atoms with E-state index in [4.69, 9.17) is 18.9 Å². The lowest BCUT2D eigenvalue weighted by Crippen LogP contribution is -2.16. The molecule has 0 saturated carbocycles. The monoisotopic (exact) mass is 462 g/mol. The topological polar surface area (TPSA) is 75.2 Å². The van der Waals surface area contributed by atoms with Crippen LogP contribution in [0, 0.1) is 6.92 Å². The summed E-state index contributed by atoms with van der Waals surface area (Å²) >= 11 is 1.62. The minimum absolute atomic E-state index is 0.177. The van der Waals surface area contributed by atoms with Gasteiger partial charge < -0.3 is 13.9 Å². The second kappa shape index (κ2) is 9.80. The van der Waals surface area contributed by atoms with Gasteiger partial charge in [-0.2, -0.15) is 0 Å². The highest BCUT2D eigenvalue weighted by molar-refractivity contribution is 7.98. The maximum absolute atomic E-state index is 5.92. The predicted molar refractivity (Wildman–Crippen MR) is 127 cm³/mol. The Labute approximate surface area is 197 Å². The van der Waals surface area contributed by atoms with Gasteiger partial charge in [0.2, 0.25) is 5.89 Å². The van der Waals surface area contributed by atoms with Crippen molar-refractivity contribution in [3.63, 3.8) is 0 Å². The number of hydrogen-bond donors (Lipinski definition) is 0. The van der Waals surface area contributed by atoms with Crippen LogP contribution in [0.1, 0.15) is 24.3 Å². The average molecular weight is 463 g/mol. The predicted octanol–water partition coefficient (Wildman–Crippen LogP) is 5.39. The Hall–Kier alpha value is -3.10. The number of rotatable bonds is 8. The second-order valence-electron chi connectivity index (χ2n) is 7.96. The van der Waals surface area contributed by atoms with Gasteiger partial charge in [0.1, 0.15) is 11.5 Å². The van der Waals surface area contributed by atoms with Gasteiger partial charge in [0.15, 0.2) is 11.0 Å². The number of methoxy groups -OCH3 is 1. The number of nitrogens with zero attached hydrogens (tertiary/aromatic N) is 4. The molecular formula is C25H26N4O3S. The van der Waals surface area contributed by atoms with E-state index < -0.39 is 0 Å². The summed E-state index contributed by atoms with van der Waals surface area (Å²) in [6, 6.07) is 17.9. The van der Waals surface area contributed by atoms with Crippen LogP contribution in [0.15, 0.2) is 64.2 Å². The molecule has 1 aliphatic heterocycles. The first kappa shape index (κ1) is 21.7. The molecule has 8 heteroatoms. The molecule has 2 aromatic carbocycles. The lowest BCUT2D eigenvalue weighted by atomic mass is 10.2. The Bertz CT molecular complexity index is 1200. The van der Waals surface area contributed by atoms with E-state index in [0.29, 0.717) is 11.6 Å². The van der Waals surface area contributed by atoms with E-state index in [1.807, 2.05) is 61.5 Å². The van der Waals surface area contributed by atoms with Gasteiger partial charge in [-0.15, -0.1) is 10.2 Å². The largest absolute Gasteiger partial charge is 0.497 e. The molecule has 5 rings (SSSR count). The highest BCUT2D eigenvalue weighted by Gasteiger charge is 2.22. The number of oxazole rings is 1. The van der Waals surface area contributed by atoms with Gasteiger partial charge in [0.25, 0.3) is 0 Å². The number of ether oxygens (including phenoxy) is 2. The minimum Gasteiger partial charge on any atom is -0.497 e. The van der Waals surface area contributed by atoms with E-state index in [-0.39, 0.29) is 6.10 Å². The van der Waals surface area contributed by atoms with Crippen molar-refractivity contribution in [1.29, 1.82) is 0 Å². The lowest BCUT2D eigenvalue weighted by molar-refractivity contribution is 0.0953. The molecular weight excluding hydrogens is 436 g/mol. The first-order valence-corrected chi connectivity index (χ1v) is 12.0. The third kappa shape index (κ3) is 4.82. The van der Waals surface area contributed by atoms with Gasteiger partial charge in [-0.3, -0.25) is 4.57 Å². The van der Waals surface area contributed by atoms with Crippen molar-refractivity contribution in [3.8, 4) is 28.6 Å². The van der Waals surface area contributed by atoms with Crippen molar-refractivity contribution in [2.75, 3.05) is 13.7 Å². The van der Waals surface area contributed by atoms with Gasteiger partial charge in [-0.1, -0.05) is 30.0 Å². The first-order chi connectivity index (χ1) is 16.2.